The first-order chi connectivity index (χ1) is 24.3. The van der Waals surface area contributed by atoms with Crippen LogP contribution < -0.4 is 4.57 Å². The molecule has 0 fully saturated rings. The minimum Gasteiger partial charge on any atom is -0.456 e. The van der Waals surface area contributed by atoms with Gasteiger partial charge in [0.15, 0.2) is 0 Å². The molecule has 0 bridgehead atoms. The van der Waals surface area contributed by atoms with E-state index in [0.29, 0.717) is 0 Å². The van der Waals surface area contributed by atoms with Gasteiger partial charge in [-0.15, -0.1) is 0 Å². The summed E-state index contributed by atoms with van der Waals surface area (Å²) in [4.78, 5) is 0. The van der Waals surface area contributed by atoms with Gasteiger partial charge in [-0.05, 0) is 47.1 Å². The summed E-state index contributed by atoms with van der Waals surface area (Å²) in [5, 5.41) is 0. The van der Waals surface area contributed by atoms with Crippen molar-refractivity contribution in [2.45, 2.75) is 0 Å². The number of pyridine rings is 1. The Kier molecular flexibility index (Phi) is 7.18. The summed E-state index contributed by atoms with van der Waals surface area (Å²) in [5.74, 6) is 1.65. The largest absolute Gasteiger partial charge is 0.456 e. The smallest absolute Gasteiger partial charge is 0.228 e. The first-order valence-electron chi connectivity index (χ1n) is 16.7. The average Bonchev–Trinajstić information content (AvgIpc) is 3.54. The third-order valence-corrected chi connectivity index (χ3v) is 9.32. The Morgan fingerprint density at radius 3 is 1.39 bits per heavy atom. The summed E-state index contributed by atoms with van der Waals surface area (Å²) in [6.07, 6.45) is 4.44. The molecule has 49 heavy (non-hydrogen) atoms. The minimum absolute atomic E-state index is 0.827. The van der Waals surface area contributed by atoms with E-state index in [1.165, 1.54) is 39.1 Å². The molecule has 0 radical (unpaired) electrons. The van der Waals surface area contributed by atoms with E-state index in [2.05, 4.69) is 187 Å². The van der Waals surface area contributed by atoms with Crippen LogP contribution in [0.15, 0.2) is 200 Å². The average molecular weight is 627 g/mol. The van der Waals surface area contributed by atoms with Crippen molar-refractivity contribution >= 4 is 17.1 Å². The molecule has 2 heteroatoms. The van der Waals surface area contributed by atoms with Crippen LogP contribution in [0.25, 0.3) is 56.4 Å². The standard InChI is InChI=1S/C47H32NO/c1-6-18-33(19-7-1)41-32-42(34-20-8-2-9-21-34)48(38-26-14-5-15-27-38)47-40-29-17-16-28-39(40)45(46(41)47)37-30-43(35-22-10-3-11-23-35)49-44(31-37)36-24-12-4-13-25-36/h1-32H/q+1. The highest BCUT2D eigenvalue weighted by atomic mass is 16.5. The van der Waals surface area contributed by atoms with Gasteiger partial charge < -0.3 is 4.74 Å². The van der Waals surface area contributed by atoms with Crippen molar-refractivity contribution < 1.29 is 9.30 Å². The lowest BCUT2D eigenvalue weighted by molar-refractivity contribution is -0.572. The van der Waals surface area contributed by atoms with Crippen LogP contribution in [0.5, 0.6) is 0 Å². The first kappa shape index (κ1) is 28.7. The second-order valence-corrected chi connectivity index (χ2v) is 12.3. The first-order valence-corrected chi connectivity index (χ1v) is 16.7. The van der Waals surface area contributed by atoms with Crippen LogP contribution in [0.2, 0.25) is 0 Å². The molecule has 0 saturated heterocycles. The van der Waals surface area contributed by atoms with E-state index in [1.807, 2.05) is 12.1 Å². The van der Waals surface area contributed by atoms with Crippen molar-refractivity contribution in [1.29, 1.82) is 0 Å². The monoisotopic (exact) mass is 626 g/mol. The predicted molar refractivity (Wildman–Crippen MR) is 200 cm³/mol. The second kappa shape index (κ2) is 12.3. The van der Waals surface area contributed by atoms with Crippen LogP contribution >= 0.6 is 0 Å². The molecule has 9 rings (SSSR count). The molecule has 2 heterocycles. The topological polar surface area (TPSA) is 13.1 Å². The number of fused-ring (bicyclic) bond motifs is 3. The number of aromatic nitrogens is 1. The van der Waals surface area contributed by atoms with Crippen molar-refractivity contribution in [2.24, 2.45) is 0 Å². The lowest BCUT2D eigenvalue weighted by atomic mass is 9.89. The number of ether oxygens (including phenoxy) is 1. The lowest BCUT2D eigenvalue weighted by Crippen LogP contribution is -2.36. The number of rotatable bonds is 5. The van der Waals surface area contributed by atoms with Gasteiger partial charge in [-0.1, -0.05) is 146 Å². The van der Waals surface area contributed by atoms with Crippen molar-refractivity contribution in [3.8, 4) is 39.3 Å². The van der Waals surface area contributed by atoms with Crippen molar-refractivity contribution in [3.63, 3.8) is 0 Å². The quantitative estimate of drug-likeness (QED) is 0.173. The van der Waals surface area contributed by atoms with Crippen LogP contribution in [-0.2, 0) is 4.74 Å². The number of para-hydroxylation sites is 1. The Hall–Kier alpha value is -6.51. The van der Waals surface area contributed by atoms with Crippen molar-refractivity contribution in [3.05, 3.63) is 222 Å². The van der Waals surface area contributed by atoms with Crippen molar-refractivity contribution in [2.75, 3.05) is 0 Å². The highest BCUT2D eigenvalue weighted by molar-refractivity contribution is 6.07. The van der Waals surface area contributed by atoms with Gasteiger partial charge in [0.1, 0.15) is 11.5 Å². The van der Waals surface area contributed by atoms with Gasteiger partial charge in [0.25, 0.3) is 0 Å². The third kappa shape index (κ3) is 5.11. The van der Waals surface area contributed by atoms with Crippen LogP contribution in [0.3, 0.4) is 0 Å². The van der Waals surface area contributed by atoms with E-state index < -0.39 is 0 Å². The van der Waals surface area contributed by atoms with E-state index in [-0.39, 0.29) is 0 Å². The van der Waals surface area contributed by atoms with E-state index in [1.54, 1.807) is 0 Å². The van der Waals surface area contributed by atoms with E-state index >= 15 is 0 Å². The Labute approximate surface area is 286 Å². The molecule has 0 spiro atoms. The molecule has 2 aliphatic rings. The van der Waals surface area contributed by atoms with E-state index in [9.17, 15) is 0 Å². The molecule has 1 aliphatic heterocycles. The zero-order valence-electron chi connectivity index (χ0n) is 26.8. The molecule has 0 N–H and O–H groups in total. The molecule has 0 unspecified atom stereocenters. The SMILES string of the molecule is C1=C(c2ccccc2)OC(c2ccccc2)=CC1=C1c2ccccc2-c2c1c(-c1ccccc1)cc(-c1ccccc1)[n+]2-c1ccccc1. The van der Waals surface area contributed by atoms with Gasteiger partial charge >= 0.3 is 0 Å². The van der Waals surface area contributed by atoms with Crippen molar-refractivity contribution in [1.82, 2.24) is 0 Å². The maximum Gasteiger partial charge on any atom is 0.228 e. The highest BCUT2D eigenvalue weighted by Gasteiger charge is 2.39. The maximum atomic E-state index is 6.69. The van der Waals surface area contributed by atoms with Crippen LogP contribution in [0.4, 0.5) is 0 Å². The summed E-state index contributed by atoms with van der Waals surface area (Å²) in [6.45, 7) is 0. The zero-order valence-corrected chi connectivity index (χ0v) is 26.8. The Balaban J connectivity index is 1.45. The highest BCUT2D eigenvalue weighted by Crippen LogP contribution is 2.51. The summed E-state index contributed by atoms with van der Waals surface area (Å²) in [5.41, 5.74) is 15.0. The van der Waals surface area contributed by atoms with Gasteiger partial charge in [0.2, 0.25) is 17.1 Å². The maximum absolute atomic E-state index is 6.69. The number of hydrogen-bond acceptors (Lipinski definition) is 1. The fraction of sp³-hybridized carbons (Fsp3) is 0. The molecule has 1 aliphatic carbocycles. The van der Waals surface area contributed by atoms with Gasteiger partial charge in [-0.25, -0.2) is 0 Å². The third-order valence-electron chi connectivity index (χ3n) is 9.32. The Bertz CT molecular complexity index is 2350. The van der Waals surface area contributed by atoms with E-state index in [4.69, 9.17) is 4.74 Å². The molecule has 2 nitrogen and oxygen atoms in total. The minimum atomic E-state index is 0.827. The lowest BCUT2D eigenvalue weighted by Gasteiger charge is -2.21. The van der Waals surface area contributed by atoms with Gasteiger partial charge in [0.05, 0.1) is 11.1 Å². The Morgan fingerprint density at radius 2 is 0.837 bits per heavy atom. The number of hydrogen-bond donors (Lipinski definition) is 0. The van der Waals surface area contributed by atoms with Crippen LogP contribution in [0, 0.1) is 0 Å². The number of nitrogens with zero attached hydrogens (tertiary/aromatic N) is 1. The van der Waals surface area contributed by atoms with Crippen LogP contribution in [0.1, 0.15) is 22.3 Å². The summed E-state index contributed by atoms with van der Waals surface area (Å²) in [7, 11) is 0. The van der Waals surface area contributed by atoms with E-state index in [0.717, 1.165) is 45.2 Å². The van der Waals surface area contributed by atoms with Gasteiger partial charge in [-0.2, -0.15) is 4.57 Å². The molecule has 230 valence electrons. The number of allylic oxidation sites excluding steroid dienone is 3. The molecule has 1 aromatic heterocycles. The summed E-state index contributed by atoms with van der Waals surface area (Å²) < 4.78 is 9.14. The van der Waals surface area contributed by atoms with Gasteiger partial charge in [-0.3, -0.25) is 0 Å². The fourth-order valence-corrected chi connectivity index (χ4v) is 7.13. The van der Waals surface area contributed by atoms with Gasteiger partial charge in [0, 0.05) is 46.0 Å². The molecule has 0 saturated carbocycles. The van der Waals surface area contributed by atoms with Crippen LogP contribution in [-0.4, -0.2) is 0 Å². The molecular weight excluding hydrogens is 595 g/mol. The molecular formula is C47H32NO+. The number of benzene rings is 6. The second-order valence-electron chi connectivity index (χ2n) is 12.3. The fourth-order valence-electron chi connectivity index (χ4n) is 7.13. The molecule has 7 aromatic rings. The molecule has 0 atom stereocenters. The predicted octanol–water partition coefficient (Wildman–Crippen LogP) is 11.2. The summed E-state index contributed by atoms with van der Waals surface area (Å²) in [6, 6.07) is 64.3. The molecule has 6 aromatic carbocycles. The summed E-state index contributed by atoms with van der Waals surface area (Å²) >= 11 is 0. The normalized spacial score (nSPS) is 13.2. The Morgan fingerprint density at radius 1 is 0.388 bits per heavy atom. The zero-order chi connectivity index (χ0) is 32.6. The molecule has 0 amide bonds.